The Bertz CT molecular complexity index is 839. The molecule has 27 heavy (non-hydrogen) atoms. The van der Waals surface area contributed by atoms with Crippen LogP contribution in [0.15, 0.2) is 59.5 Å². The lowest BCUT2D eigenvalue weighted by atomic mass is 10.0. The van der Waals surface area contributed by atoms with Crippen LogP contribution in [0, 0.1) is 5.92 Å². The highest BCUT2D eigenvalue weighted by molar-refractivity contribution is 7.98. The average molecular weight is 384 g/mol. The largest absolute Gasteiger partial charge is 0.479 e. The predicted molar refractivity (Wildman–Crippen MR) is 104 cm³/mol. The first-order chi connectivity index (χ1) is 13.0. The van der Waals surface area contributed by atoms with E-state index in [-0.39, 0.29) is 18.9 Å². The number of carboxylic acid groups (broad SMARTS) is 1. The standard InChI is InChI=1S/C20H20N2O4S/c1-27-16-9-7-15(8-10-16)22-12-14(11-17(22)23)19(24)21-18(20(25)26)13-5-3-2-4-6-13/h2-10,14,18H,11-12H2,1H3,(H,21,24)(H,25,26). The first kappa shape index (κ1) is 19.0. The number of anilines is 1. The molecule has 0 aromatic heterocycles. The Kier molecular flexibility index (Phi) is 5.81. The van der Waals surface area contributed by atoms with Gasteiger partial charge in [0.15, 0.2) is 6.04 Å². The van der Waals surface area contributed by atoms with Crippen LogP contribution in [0.2, 0.25) is 0 Å². The van der Waals surface area contributed by atoms with E-state index in [1.165, 1.54) is 0 Å². The molecule has 1 heterocycles. The first-order valence-electron chi connectivity index (χ1n) is 8.52. The van der Waals surface area contributed by atoms with E-state index in [4.69, 9.17) is 0 Å². The van der Waals surface area contributed by atoms with Crippen LogP contribution in [0.1, 0.15) is 18.0 Å². The molecule has 0 aliphatic carbocycles. The minimum Gasteiger partial charge on any atom is -0.479 e. The normalized spacial score (nSPS) is 17.6. The zero-order valence-corrected chi connectivity index (χ0v) is 15.6. The van der Waals surface area contributed by atoms with Gasteiger partial charge in [-0.2, -0.15) is 0 Å². The van der Waals surface area contributed by atoms with E-state index < -0.39 is 23.8 Å². The third kappa shape index (κ3) is 4.31. The van der Waals surface area contributed by atoms with Gasteiger partial charge in [-0.15, -0.1) is 11.8 Å². The predicted octanol–water partition coefficient (Wildman–Crippen LogP) is 2.70. The molecular weight excluding hydrogens is 364 g/mol. The molecule has 1 saturated heterocycles. The van der Waals surface area contributed by atoms with E-state index in [0.717, 1.165) is 10.6 Å². The number of carbonyl (C=O) groups excluding carboxylic acids is 2. The second-order valence-electron chi connectivity index (χ2n) is 6.29. The lowest BCUT2D eigenvalue weighted by molar-refractivity contribution is -0.142. The summed E-state index contributed by atoms with van der Waals surface area (Å²) in [5.74, 6) is -2.28. The second kappa shape index (κ2) is 8.26. The van der Waals surface area contributed by atoms with Crippen molar-refractivity contribution in [3.63, 3.8) is 0 Å². The number of amides is 2. The zero-order chi connectivity index (χ0) is 19.4. The fourth-order valence-electron chi connectivity index (χ4n) is 3.09. The highest BCUT2D eigenvalue weighted by atomic mass is 32.2. The van der Waals surface area contributed by atoms with Crippen LogP contribution in [0.3, 0.4) is 0 Å². The molecule has 7 heteroatoms. The van der Waals surface area contributed by atoms with Gasteiger partial charge in [-0.3, -0.25) is 9.59 Å². The van der Waals surface area contributed by atoms with Crippen LogP contribution in [-0.4, -0.2) is 35.7 Å². The van der Waals surface area contributed by atoms with E-state index in [2.05, 4.69) is 5.32 Å². The van der Waals surface area contributed by atoms with Crippen molar-refractivity contribution >= 4 is 35.2 Å². The van der Waals surface area contributed by atoms with Gasteiger partial charge in [0.1, 0.15) is 0 Å². The number of thioether (sulfide) groups is 1. The SMILES string of the molecule is CSc1ccc(N2CC(C(=O)NC(C(=O)O)c3ccccc3)CC2=O)cc1. The van der Waals surface area contributed by atoms with Gasteiger partial charge >= 0.3 is 5.97 Å². The number of nitrogens with zero attached hydrogens (tertiary/aromatic N) is 1. The summed E-state index contributed by atoms with van der Waals surface area (Å²) in [4.78, 5) is 39.2. The number of aliphatic carboxylic acids is 1. The second-order valence-corrected chi connectivity index (χ2v) is 7.17. The molecule has 0 spiro atoms. The molecule has 0 saturated carbocycles. The molecule has 2 aromatic carbocycles. The van der Waals surface area contributed by atoms with Crippen molar-refractivity contribution in [1.82, 2.24) is 5.32 Å². The lowest BCUT2D eigenvalue weighted by Gasteiger charge is -2.19. The number of carboxylic acids is 1. The number of nitrogens with one attached hydrogen (secondary N) is 1. The Morgan fingerprint density at radius 1 is 1.15 bits per heavy atom. The molecule has 2 amide bonds. The molecule has 2 atom stereocenters. The van der Waals surface area contributed by atoms with Crippen molar-refractivity contribution in [3.05, 3.63) is 60.2 Å². The minimum atomic E-state index is -1.14. The molecule has 0 radical (unpaired) electrons. The molecule has 6 nitrogen and oxygen atoms in total. The molecule has 2 unspecified atom stereocenters. The van der Waals surface area contributed by atoms with Gasteiger partial charge in [0, 0.05) is 23.5 Å². The van der Waals surface area contributed by atoms with E-state index in [9.17, 15) is 19.5 Å². The van der Waals surface area contributed by atoms with Gasteiger partial charge in [0.2, 0.25) is 11.8 Å². The highest BCUT2D eigenvalue weighted by Crippen LogP contribution is 2.27. The molecule has 0 bridgehead atoms. The quantitative estimate of drug-likeness (QED) is 0.748. The molecule has 2 N–H and O–H groups in total. The van der Waals surface area contributed by atoms with Crippen molar-refractivity contribution < 1.29 is 19.5 Å². The van der Waals surface area contributed by atoms with Crippen molar-refractivity contribution in [3.8, 4) is 0 Å². The van der Waals surface area contributed by atoms with Gasteiger partial charge in [-0.05, 0) is 36.1 Å². The summed E-state index contributed by atoms with van der Waals surface area (Å²) in [6.07, 6.45) is 2.04. The average Bonchev–Trinajstić information content (AvgIpc) is 3.08. The van der Waals surface area contributed by atoms with E-state index >= 15 is 0 Å². The molecule has 1 fully saturated rings. The van der Waals surface area contributed by atoms with Gasteiger partial charge in [0.25, 0.3) is 0 Å². The molecule has 2 aromatic rings. The van der Waals surface area contributed by atoms with Crippen molar-refractivity contribution in [2.75, 3.05) is 17.7 Å². The summed E-state index contributed by atoms with van der Waals surface area (Å²) in [5.41, 5.74) is 1.23. The summed E-state index contributed by atoms with van der Waals surface area (Å²) < 4.78 is 0. The summed E-state index contributed by atoms with van der Waals surface area (Å²) >= 11 is 1.61. The Morgan fingerprint density at radius 3 is 2.41 bits per heavy atom. The van der Waals surface area contributed by atoms with Crippen LogP contribution in [0.4, 0.5) is 5.69 Å². The number of hydrogen-bond donors (Lipinski definition) is 2. The highest BCUT2D eigenvalue weighted by Gasteiger charge is 2.36. The number of carbonyl (C=O) groups is 3. The summed E-state index contributed by atoms with van der Waals surface area (Å²) in [7, 11) is 0. The van der Waals surface area contributed by atoms with Gasteiger partial charge in [-0.1, -0.05) is 30.3 Å². The maximum atomic E-state index is 12.6. The third-order valence-corrected chi connectivity index (χ3v) is 5.29. The van der Waals surface area contributed by atoms with Crippen molar-refractivity contribution in [2.45, 2.75) is 17.4 Å². The fraction of sp³-hybridized carbons (Fsp3) is 0.250. The Hall–Kier alpha value is -2.80. The van der Waals surface area contributed by atoms with Crippen molar-refractivity contribution in [1.29, 1.82) is 0 Å². The molecule has 3 rings (SSSR count). The summed E-state index contributed by atoms with van der Waals surface area (Å²) in [5, 5.41) is 12.0. The fourth-order valence-corrected chi connectivity index (χ4v) is 3.50. The molecule has 1 aliphatic rings. The van der Waals surface area contributed by atoms with Gasteiger partial charge in [0.05, 0.1) is 5.92 Å². The number of hydrogen-bond acceptors (Lipinski definition) is 4. The van der Waals surface area contributed by atoms with Crippen LogP contribution in [0.5, 0.6) is 0 Å². The van der Waals surface area contributed by atoms with Crippen LogP contribution in [-0.2, 0) is 14.4 Å². The summed E-state index contributed by atoms with van der Waals surface area (Å²) in [6.45, 7) is 0.240. The summed E-state index contributed by atoms with van der Waals surface area (Å²) in [6, 6.07) is 14.9. The Labute approximate surface area is 161 Å². The van der Waals surface area contributed by atoms with Crippen molar-refractivity contribution in [2.24, 2.45) is 5.92 Å². The topological polar surface area (TPSA) is 86.7 Å². The Morgan fingerprint density at radius 2 is 1.81 bits per heavy atom. The third-order valence-electron chi connectivity index (χ3n) is 4.55. The van der Waals surface area contributed by atoms with E-state index in [0.29, 0.717) is 5.56 Å². The van der Waals surface area contributed by atoms with Crippen LogP contribution in [0.25, 0.3) is 0 Å². The first-order valence-corrected chi connectivity index (χ1v) is 9.74. The van der Waals surface area contributed by atoms with Gasteiger partial charge in [-0.25, -0.2) is 4.79 Å². The zero-order valence-electron chi connectivity index (χ0n) is 14.8. The smallest absolute Gasteiger partial charge is 0.330 e. The Balaban J connectivity index is 1.70. The monoisotopic (exact) mass is 384 g/mol. The molecular formula is C20H20N2O4S. The molecule has 140 valence electrons. The maximum absolute atomic E-state index is 12.6. The lowest BCUT2D eigenvalue weighted by Crippen LogP contribution is -2.38. The molecule has 1 aliphatic heterocycles. The van der Waals surface area contributed by atoms with E-state index in [1.54, 1.807) is 47.0 Å². The maximum Gasteiger partial charge on any atom is 0.330 e. The van der Waals surface area contributed by atoms with Crippen LogP contribution >= 0.6 is 11.8 Å². The van der Waals surface area contributed by atoms with Crippen LogP contribution < -0.4 is 10.2 Å². The van der Waals surface area contributed by atoms with Gasteiger partial charge < -0.3 is 15.3 Å². The van der Waals surface area contributed by atoms with E-state index in [1.807, 2.05) is 30.5 Å². The number of benzene rings is 2. The number of rotatable bonds is 6. The minimum absolute atomic E-state index is 0.0667.